The minimum absolute atomic E-state index is 0.252. The monoisotopic (exact) mass is 304 g/mol. The maximum Gasteiger partial charge on any atom is 0.178 e. The Kier molecular flexibility index (Phi) is 4.99. The Balaban J connectivity index is 2.89. The van der Waals surface area contributed by atoms with Gasteiger partial charge in [0.25, 0.3) is 0 Å². The van der Waals surface area contributed by atoms with E-state index in [1.807, 2.05) is 13.8 Å². The van der Waals surface area contributed by atoms with Gasteiger partial charge in [0.1, 0.15) is 0 Å². The van der Waals surface area contributed by atoms with E-state index in [1.54, 1.807) is 24.3 Å². The van der Waals surface area contributed by atoms with Gasteiger partial charge in [0.15, 0.2) is 9.84 Å². The molecule has 0 N–H and O–H groups in total. The molecule has 0 fully saturated rings. The third kappa shape index (κ3) is 3.59. The van der Waals surface area contributed by atoms with Gasteiger partial charge in [0.2, 0.25) is 0 Å². The molecule has 0 aliphatic rings. The third-order valence-electron chi connectivity index (χ3n) is 2.78. The Morgan fingerprint density at radius 1 is 1.12 bits per heavy atom. The predicted molar refractivity (Wildman–Crippen MR) is 70.3 cm³/mol. The van der Waals surface area contributed by atoms with Crippen molar-refractivity contribution in [1.29, 1.82) is 0 Å². The fourth-order valence-corrected chi connectivity index (χ4v) is 3.67. The molecule has 4 heteroatoms. The van der Waals surface area contributed by atoms with Gasteiger partial charge in [-0.05, 0) is 30.2 Å². The van der Waals surface area contributed by atoms with Crippen molar-refractivity contribution in [1.82, 2.24) is 0 Å². The smallest absolute Gasteiger partial charge is 0.178 e. The molecule has 0 unspecified atom stereocenters. The quantitative estimate of drug-likeness (QED) is 0.832. The van der Waals surface area contributed by atoms with Gasteiger partial charge < -0.3 is 0 Å². The van der Waals surface area contributed by atoms with Gasteiger partial charge in [-0.2, -0.15) is 0 Å². The van der Waals surface area contributed by atoms with Crippen LogP contribution in [0.5, 0.6) is 0 Å². The van der Waals surface area contributed by atoms with Gasteiger partial charge in [-0.25, -0.2) is 8.42 Å². The number of hydrogen-bond donors (Lipinski definition) is 0. The normalized spacial score (nSPS) is 12.0. The molecular weight excluding hydrogens is 288 g/mol. The lowest BCUT2D eigenvalue weighted by Gasteiger charge is -2.12. The van der Waals surface area contributed by atoms with Gasteiger partial charge in [0, 0.05) is 4.47 Å². The molecule has 90 valence electrons. The zero-order valence-corrected chi connectivity index (χ0v) is 12.0. The SMILES string of the molecule is CCC(CC)CS(=O)(=O)c1ccc(Br)cc1. The van der Waals surface area contributed by atoms with Gasteiger partial charge in [0.05, 0.1) is 10.6 Å². The van der Waals surface area contributed by atoms with Crippen LogP contribution in [0.2, 0.25) is 0 Å². The zero-order chi connectivity index (χ0) is 12.2. The number of benzene rings is 1. The lowest BCUT2D eigenvalue weighted by molar-refractivity contribution is 0.523. The highest BCUT2D eigenvalue weighted by atomic mass is 79.9. The largest absolute Gasteiger partial charge is 0.224 e. The van der Waals surface area contributed by atoms with Gasteiger partial charge in [-0.1, -0.05) is 42.6 Å². The average Bonchev–Trinajstić information content (AvgIpc) is 2.26. The van der Waals surface area contributed by atoms with Crippen LogP contribution in [0, 0.1) is 5.92 Å². The minimum Gasteiger partial charge on any atom is -0.224 e. The molecule has 0 aromatic heterocycles. The van der Waals surface area contributed by atoms with Crippen molar-refractivity contribution in [3.05, 3.63) is 28.7 Å². The molecular formula is C12H17BrO2S. The van der Waals surface area contributed by atoms with Gasteiger partial charge in [-0.3, -0.25) is 0 Å². The molecule has 16 heavy (non-hydrogen) atoms. The summed E-state index contributed by atoms with van der Waals surface area (Å²) in [6.07, 6.45) is 1.82. The van der Waals surface area contributed by atoms with E-state index in [2.05, 4.69) is 15.9 Å². The summed E-state index contributed by atoms with van der Waals surface area (Å²) in [5.41, 5.74) is 0. The van der Waals surface area contributed by atoms with Crippen molar-refractivity contribution in [3.8, 4) is 0 Å². The molecule has 1 rings (SSSR count). The van der Waals surface area contributed by atoms with Crippen molar-refractivity contribution in [2.24, 2.45) is 5.92 Å². The second-order valence-corrected chi connectivity index (χ2v) is 6.87. The maximum atomic E-state index is 12.1. The predicted octanol–water partition coefficient (Wildman–Crippen LogP) is 3.66. The molecule has 0 spiro atoms. The summed E-state index contributed by atoms with van der Waals surface area (Å²) in [5.74, 6) is 0.510. The van der Waals surface area contributed by atoms with E-state index >= 15 is 0 Å². The Hall–Kier alpha value is -0.350. The number of sulfone groups is 1. The second kappa shape index (κ2) is 5.82. The van der Waals surface area contributed by atoms with E-state index in [1.165, 1.54) is 0 Å². The molecule has 0 amide bonds. The van der Waals surface area contributed by atoms with Crippen molar-refractivity contribution < 1.29 is 8.42 Å². The van der Waals surface area contributed by atoms with Crippen LogP contribution in [0.4, 0.5) is 0 Å². The fraction of sp³-hybridized carbons (Fsp3) is 0.500. The summed E-state index contributed by atoms with van der Waals surface area (Å²) in [6, 6.07) is 6.84. The molecule has 0 atom stereocenters. The molecule has 0 aliphatic heterocycles. The molecule has 2 nitrogen and oxygen atoms in total. The first kappa shape index (κ1) is 13.7. The van der Waals surface area contributed by atoms with Crippen LogP contribution in [0.25, 0.3) is 0 Å². The highest BCUT2D eigenvalue weighted by Crippen LogP contribution is 2.20. The lowest BCUT2D eigenvalue weighted by atomic mass is 10.1. The van der Waals surface area contributed by atoms with Crippen LogP contribution >= 0.6 is 15.9 Å². The van der Waals surface area contributed by atoms with Crippen molar-refractivity contribution in [2.75, 3.05) is 5.75 Å². The summed E-state index contributed by atoms with van der Waals surface area (Å²) in [4.78, 5) is 0.419. The molecule has 0 saturated heterocycles. The molecule has 0 bridgehead atoms. The molecule has 0 aliphatic carbocycles. The zero-order valence-electron chi connectivity index (χ0n) is 9.61. The third-order valence-corrected chi connectivity index (χ3v) is 5.21. The van der Waals surface area contributed by atoms with Crippen LogP contribution < -0.4 is 0 Å². The highest BCUT2D eigenvalue weighted by Gasteiger charge is 2.18. The lowest BCUT2D eigenvalue weighted by Crippen LogP contribution is -2.15. The maximum absolute atomic E-state index is 12.1. The summed E-state index contributed by atoms with van der Waals surface area (Å²) in [5, 5.41) is 0. The van der Waals surface area contributed by atoms with E-state index in [9.17, 15) is 8.42 Å². The summed E-state index contributed by atoms with van der Waals surface area (Å²) in [7, 11) is -3.12. The first-order valence-corrected chi connectivity index (χ1v) is 7.92. The van der Waals surface area contributed by atoms with Crippen molar-refractivity contribution in [3.63, 3.8) is 0 Å². The standard InChI is InChI=1S/C12H17BrO2S/c1-3-10(4-2)9-16(14,15)12-7-5-11(13)6-8-12/h5-8,10H,3-4,9H2,1-2H3. The van der Waals surface area contributed by atoms with Crippen LogP contribution in [0.15, 0.2) is 33.6 Å². The Bertz CT molecular complexity index is 419. The van der Waals surface area contributed by atoms with E-state index < -0.39 is 9.84 Å². The van der Waals surface area contributed by atoms with Crippen LogP contribution in [0.1, 0.15) is 26.7 Å². The van der Waals surface area contributed by atoms with Gasteiger partial charge in [-0.15, -0.1) is 0 Å². The molecule has 0 saturated carbocycles. The molecule has 1 aromatic carbocycles. The molecule has 0 heterocycles. The van der Waals surface area contributed by atoms with E-state index in [-0.39, 0.29) is 11.7 Å². The first-order chi connectivity index (χ1) is 7.49. The Morgan fingerprint density at radius 2 is 1.62 bits per heavy atom. The molecule has 1 aromatic rings. The highest BCUT2D eigenvalue weighted by molar-refractivity contribution is 9.10. The summed E-state index contributed by atoms with van der Waals surface area (Å²) >= 11 is 3.30. The van der Waals surface area contributed by atoms with Crippen LogP contribution in [-0.2, 0) is 9.84 Å². The van der Waals surface area contributed by atoms with E-state index in [0.717, 1.165) is 17.3 Å². The van der Waals surface area contributed by atoms with Crippen LogP contribution in [-0.4, -0.2) is 14.2 Å². The number of hydrogen-bond acceptors (Lipinski definition) is 2. The second-order valence-electron chi connectivity index (χ2n) is 3.92. The summed E-state index contributed by atoms with van der Waals surface area (Å²) < 4.78 is 25.0. The van der Waals surface area contributed by atoms with E-state index in [4.69, 9.17) is 0 Å². The van der Waals surface area contributed by atoms with Crippen molar-refractivity contribution in [2.45, 2.75) is 31.6 Å². The first-order valence-electron chi connectivity index (χ1n) is 5.48. The van der Waals surface area contributed by atoms with E-state index in [0.29, 0.717) is 4.90 Å². The number of halogens is 1. The topological polar surface area (TPSA) is 34.1 Å². The number of rotatable bonds is 5. The Morgan fingerprint density at radius 3 is 2.06 bits per heavy atom. The van der Waals surface area contributed by atoms with Crippen LogP contribution in [0.3, 0.4) is 0 Å². The van der Waals surface area contributed by atoms with Crippen molar-refractivity contribution >= 4 is 25.8 Å². The summed E-state index contributed by atoms with van der Waals surface area (Å²) in [6.45, 7) is 4.07. The van der Waals surface area contributed by atoms with Gasteiger partial charge >= 0.3 is 0 Å². The average molecular weight is 305 g/mol. The minimum atomic E-state index is -3.12. The Labute approximate surface area is 106 Å². The molecule has 0 radical (unpaired) electrons. The fourth-order valence-electron chi connectivity index (χ4n) is 1.57.